The predicted molar refractivity (Wildman–Crippen MR) is 51.5 cm³/mol. The first-order valence-electron chi connectivity index (χ1n) is 3.96. The minimum atomic E-state index is -1.18. The number of benzene rings is 1. The van der Waals surface area contributed by atoms with Gasteiger partial charge in [-0.25, -0.2) is 0 Å². The van der Waals surface area contributed by atoms with Gasteiger partial charge in [0.2, 0.25) is 5.16 Å². The van der Waals surface area contributed by atoms with Gasteiger partial charge in [-0.15, -0.1) is 0 Å². The Labute approximate surface area is 83.2 Å². The average Bonchev–Trinajstić information content (AvgIpc) is 2.67. The van der Waals surface area contributed by atoms with Crippen LogP contribution in [0.2, 0.25) is 0 Å². The molecular weight excluding hydrogens is 200 g/mol. The zero-order valence-electron chi connectivity index (χ0n) is 7.49. The third-order valence-electron chi connectivity index (χ3n) is 1.70. The van der Waals surface area contributed by atoms with Gasteiger partial charge in [-0.05, 0) is 22.6 Å². The van der Waals surface area contributed by atoms with Crippen LogP contribution in [0.3, 0.4) is 0 Å². The first-order valence-corrected chi connectivity index (χ1v) is 5.52. The molecule has 1 atom stereocenters. The van der Waals surface area contributed by atoms with E-state index in [1.165, 1.54) is 4.68 Å². The van der Waals surface area contributed by atoms with E-state index in [4.69, 9.17) is 0 Å². The monoisotopic (exact) mass is 208 g/mol. The van der Waals surface area contributed by atoms with Crippen molar-refractivity contribution in [2.45, 2.75) is 5.16 Å². The molecule has 2 aromatic rings. The van der Waals surface area contributed by atoms with E-state index >= 15 is 0 Å². The van der Waals surface area contributed by atoms with E-state index in [1.807, 2.05) is 30.3 Å². The normalized spacial score (nSPS) is 12.6. The molecule has 0 aliphatic carbocycles. The molecule has 0 N–H and O–H groups in total. The quantitative estimate of drug-likeness (QED) is 0.716. The van der Waals surface area contributed by atoms with E-state index in [2.05, 4.69) is 15.5 Å². The first kappa shape index (κ1) is 9.01. The van der Waals surface area contributed by atoms with Gasteiger partial charge in [0.25, 0.3) is 0 Å². The number of rotatable bonds is 2. The van der Waals surface area contributed by atoms with Crippen LogP contribution < -0.4 is 0 Å². The molecule has 6 heteroatoms. The van der Waals surface area contributed by atoms with Crippen molar-refractivity contribution in [1.29, 1.82) is 0 Å². The van der Waals surface area contributed by atoms with Gasteiger partial charge in [0, 0.05) is 6.26 Å². The molecule has 5 nitrogen and oxygen atoms in total. The summed E-state index contributed by atoms with van der Waals surface area (Å²) in [6.07, 6.45) is 1.55. The van der Waals surface area contributed by atoms with Gasteiger partial charge in [0.1, 0.15) is 0 Å². The van der Waals surface area contributed by atoms with Crippen molar-refractivity contribution >= 4 is 10.8 Å². The Bertz CT molecular complexity index is 453. The summed E-state index contributed by atoms with van der Waals surface area (Å²) in [5, 5.41) is 11.3. The summed E-state index contributed by atoms with van der Waals surface area (Å²) >= 11 is 0. The minimum absolute atomic E-state index is 0.358. The standard InChI is InChI=1S/C8H8N4OS/c1-14(13)8-9-10-11-12(8)7-5-3-2-4-6-7/h2-6H,1H3. The van der Waals surface area contributed by atoms with Gasteiger partial charge in [0.15, 0.2) is 0 Å². The fourth-order valence-corrected chi connectivity index (χ4v) is 1.63. The molecule has 0 radical (unpaired) electrons. The van der Waals surface area contributed by atoms with Crippen LogP contribution in [0.5, 0.6) is 0 Å². The number of hydrogen-bond acceptors (Lipinski definition) is 4. The van der Waals surface area contributed by atoms with E-state index in [9.17, 15) is 4.21 Å². The van der Waals surface area contributed by atoms with Gasteiger partial charge in [0.05, 0.1) is 16.5 Å². The number of tetrazole rings is 1. The summed E-state index contributed by atoms with van der Waals surface area (Å²) in [6.45, 7) is 0. The van der Waals surface area contributed by atoms with Crippen molar-refractivity contribution in [3.8, 4) is 5.69 Å². The largest absolute Gasteiger partial charge is 0.251 e. The minimum Gasteiger partial charge on any atom is -0.251 e. The second kappa shape index (κ2) is 3.67. The fourth-order valence-electron chi connectivity index (χ4n) is 1.09. The summed E-state index contributed by atoms with van der Waals surface area (Å²) in [5.41, 5.74) is 0.808. The smallest absolute Gasteiger partial charge is 0.244 e. The summed E-state index contributed by atoms with van der Waals surface area (Å²) < 4.78 is 12.7. The molecule has 0 saturated heterocycles. The Hall–Kier alpha value is -1.56. The highest BCUT2D eigenvalue weighted by Crippen LogP contribution is 2.08. The van der Waals surface area contributed by atoms with Gasteiger partial charge in [-0.1, -0.05) is 23.3 Å². The third kappa shape index (κ3) is 1.56. The molecule has 14 heavy (non-hydrogen) atoms. The number of para-hydroxylation sites is 1. The van der Waals surface area contributed by atoms with Crippen LogP contribution >= 0.6 is 0 Å². The van der Waals surface area contributed by atoms with Crippen molar-refractivity contribution < 1.29 is 4.21 Å². The van der Waals surface area contributed by atoms with E-state index in [1.54, 1.807) is 6.26 Å². The molecule has 0 spiro atoms. The summed E-state index contributed by atoms with van der Waals surface area (Å²) in [5.74, 6) is 0. The Balaban J connectivity index is 2.52. The molecule has 1 unspecified atom stereocenters. The van der Waals surface area contributed by atoms with Crippen LogP contribution in [0.4, 0.5) is 0 Å². The Morgan fingerprint density at radius 2 is 2.00 bits per heavy atom. The highest BCUT2D eigenvalue weighted by molar-refractivity contribution is 7.84. The van der Waals surface area contributed by atoms with E-state index in [0.29, 0.717) is 5.16 Å². The Morgan fingerprint density at radius 3 is 2.64 bits per heavy atom. The lowest BCUT2D eigenvalue weighted by Gasteiger charge is -2.00. The number of nitrogens with zero attached hydrogens (tertiary/aromatic N) is 4. The van der Waals surface area contributed by atoms with Crippen LogP contribution in [-0.2, 0) is 10.8 Å². The molecule has 0 saturated carbocycles. The molecule has 2 rings (SSSR count). The highest BCUT2D eigenvalue weighted by Gasteiger charge is 2.10. The summed E-state index contributed by atoms with van der Waals surface area (Å²) in [4.78, 5) is 0. The molecule has 0 aliphatic heterocycles. The molecule has 1 aromatic heterocycles. The maximum absolute atomic E-state index is 11.2. The lowest BCUT2D eigenvalue weighted by atomic mass is 10.3. The van der Waals surface area contributed by atoms with Crippen molar-refractivity contribution in [1.82, 2.24) is 20.2 Å². The summed E-state index contributed by atoms with van der Waals surface area (Å²) in [6, 6.07) is 9.36. The van der Waals surface area contributed by atoms with Crippen molar-refractivity contribution in [2.75, 3.05) is 6.26 Å². The molecule has 72 valence electrons. The fraction of sp³-hybridized carbons (Fsp3) is 0.125. The van der Waals surface area contributed by atoms with Crippen LogP contribution in [0, 0.1) is 0 Å². The Morgan fingerprint density at radius 1 is 1.29 bits per heavy atom. The maximum Gasteiger partial charge on any atom is 0.244 e. The van der Waals surface area contributed by atoms with Gasteiger partial charge in [-0.2, -0.15) is 4.68 Å². The van der Waals surface area contributed by atoms with Crippen molar-refractivity contribution in [3.05, 3.63) is 30.3 Å². The van der Waals surface area contributed by atoms with Crippen LogP contribution in [-0.4, -0.2) is 30.7 Å². The molecule has 0 fully saturated rings. The third-order valence-corrected chi connectivity index (χ3v) is 2.47. The van der Waals surface area contributed by atoms with E-state index < -0.39 is 10.8 Å². The van der Waals surface area contributed by atoms with Crippen LogP contribution in [0.15, 0.2) is 35.5 Å². The Kier molecular flexibility index (Phi) is 2.36. The molecule has 1 heterocycles. The molecule has 1 aromatic carbocycles. The second-order valence-electron chi connectivity index (χ2n) is 2.66. The molecule has 0 amide bonds. The number of aromatic nitrogens is 4. The maximum atomic E-state index is 11.2. The zero-order chi connectivity index (χ0) is 9.97. The zero-order valence-corrected chi connectivity index (χ0v) is 8.31. The lowest BCUT2D eigenvalue weighted by Crippen LogP contribution is -2.03. The highest BCUT2D eigenvalue weighted by atomic mass is 32.2. The topological polar surface area (TPSA) is 60.7 Å². The van der Waals surface area contributed by atoms with Gasteiger partial charge in [-0.3, -0.25) is 4.21 Å². The SMILES string of the molecule is CS(=O)c1nnnn1-c1ccccc1. The van der Waals surface area contributed by atoms with Crippen molar-refractivity contribution in [2.24, 2.45) is 0 Å². The average molecular weight is 208 g/mol. The second-order valence-corrected chi connectivity index (χ2v) is 3.94. The predicted octanol–water partition coefficient (Wildman–Crippen LogP) is 0.400. The van der Waals surface area contributed by atoms with Crippen LogP contribution in [0.1, 0.15) is 0 Å². The van der Waals surface area contributed by atoms with Crippen molar-refractivity contribution in [3.63, 3.8) is 0 Å². The molecule has 0 aliphatic rings. The molecule has 0 bridgehead atoms. The van der Waals surface area contributed by atoms with Crippen LogP contribution in [0.25, 0.3) is 5.69 Å². The van der Waals surface area contributed by atoms with E-state index in [-0.39, 0.29) is 0 Å². The summed E-state index contributed by atoms with van der Waals surface area (Å²) in [7, 11) is -1.18. The molecular formula is C8H8N4OS. The lowest BCUT2D eigenvalue weighted by molar-refractivity contribution is 0.670. The first-order chi connectivity index (χ1) is 6.79. The number of hydrogen-bond donors (Lipinski definition) is 0. The van der Waals surface area contributed by atoms with Gasteiger partial charge >= 0.3 is 0 Å². The van der Waals surface area contributed by atoms with Gasteiger partial charge < -0.3 is 0 Å². The van der Waals surface area contributed by atoms with E-state index in [0.717, 1.165) is 5.69 Å².